The average Bonchev–Trinajstić information content (AvgIpc) is 3.03. The molecule has 0 aromatic heterocycles. The van der Waals surface area contributed by atoms with Crippen LogP contribution < -0.4 is 9.62 Å². The molecule has 44 heavy (non-hydrogen) atoms. The molecule has 4 rings (SSSR count). The van der Waals surface area contributed by atoms with Gasteiger partial charge in [0.2, 0.25) is 11.8 Å². The SMILES string of the molecule is CCc1ccc(N(CC(=O)N(Cc2ccc(Cl)cc2)C(Cc2ccccc2)C(=O)NC(C)C)S(=O)(=O)c2ccccc2)cc1. The second-order valence-electron chi connectivity index (χ2n) is 10.9. The molecule has 0 radical (unpaired) electrons. The first-order valence-electron chi connectivity index (χ1n) is 14.6. The van der Waals surface area contributed by atoms with Crippen LogP contribution >= 0.6 is 11.6 Å². The summed E-state index contributed by atoms with van der Waals surface area (Å²) >= 11 is 6.14. The van der Waals surface area contributed by atoms with Gasteiger partial charge >= 0.3 is 0 Å². The molecule has 0 bridgehead atoms. The molecule has 0 aliphatic rings. The number of aryl methyl sites for hydroxylation is 1. The Morgan fingerprint density at radius 2 is 1.34 bits per heavy atom. The predicted molar refractivity (Wildman–Crippen MR) is 176 cm³/mol. The molecular weight excluding hydrogens is 594 g/mol. The molecule has 0 saturated heterocycles. The highest BCUT2D eigenvalue weighted by molar-refractivity contribution is 7.92. The monoisotopic (exact) mass is 631 g/mol. The Morgan fingerprint density at radius 3 is 1.91 bits per heavy atom. The summed E-state index contributed by atoms with van der Waals surface area (Å²) in [5.74, 6) is -0.838. The minimum atomic E-state index is -4.14. The molecule has 4 aromatic carbocycles. The number of carbonyl (C=O) groups excluding carboxylic acids is 2. The van der Waals surface area contributed by atoms with Crippen LogP contribution in [-0.2, 0) is 39.0 Å². The van der Waals surface area contributed by atoms with Crippen molar-refractivity contribution in [2.45, 2.75) is 57.1 Å². The number of rotatable bonds is 13. The van der Waals surface area contributed by atoms with Crippen LogP contribution in [0.15, 0.2) is 114 Å². The molecule has 0 heterocycles. The fourth-order valence-electron chi connectivity index (χ4n) is 4.87. The number of carbonyl (C=O) groups is 2. The van der Waals surface area contributed by atoms with E-state index in [2.05, 4.69) is 5.32 Å². The van der Waals surface area contributed by atoms with E-state index in [0.717, 1.165) is 27.4 Å². The second kappa shape index (κ2) is 15.0. The van der Waals surface area contributed by atoms with Gasteiger partial charge in [-0.2, -0.15) is 0 Å². The Bertz CT molecular complexity index is 1630. The number of anilines is 1. The lowest BCUT2D eigenvalue weighted by Gasteiger charge is -2.34. The standard InChI is InChI=1S/C35H38ClN3O4S/c1-4-27-17-21-31(22-18-27)39(44(42,43)32-13-9-6-10-14-32)25-34(40)38(24-29-15-19-30(36)20-16-29)33(35(41)37-26(2)3)23-28-11-7-5-8-12-28/h5-22,26,33H,4,23-25H2,1-3H3,(H,37,41). The maximum atomic E-state index is 14.4. The molecular formula is C35H38ClN3O4S. The van der Waals surface area contributed by atoms with Gasteiger partial charge in [0.05, 0.1) is 10.6 Å². The highest BCUT2D eigenvalue weighted by atomic mass is 35.5. The number of nitrogens with zero attached hydrogens (tertiary/aromatic N) is 2. The molecule has 1 N–H and O–H groups in total. The number of nitrogens with one attached hydrogen (secondary N) is 1. The van der Waals surface area contributed by atoms with E-state index in [0.29, 0.717) is 10.7 Å². The average molecular weight is 632 g/mol. The zero-order chi connectivity index (χ0) is 31.7. The summed E-state index contributed by atoms with van der Waals surface area (Å²) < 4.78 is 29.2. The Morgan fingerprint density at radius 1 is 0.773 bits per heavy atom. The third-order valence-electron chi connectivity index (χ3n) is 7.21. The lowest BCUT2D eigenvalue weighted by Crippen LogP contribution is -2.54. The van der Waals surface area contributed by atoms with Crippen molar-refractivity contribution < 1.29 is 18.0 Å². The van der Waals surface area contributed by atoms with Gasteiger partial charge in [0.25, 0.3) is 10.0 Å². The molecule has 0 saturated carbocycles. The van der Waals surface area contributed by atoms with E-state index >= 15 is 0 Å². The van der Waals surface area contributed by atoms with Crippen molar-refractivity contribution >= 4 is 39.1 Å². The lowest BCUT2D eigenvalue weighted by molar-refractivity contribution is -0.140. The zero-order valence-corrected chi connectivity index (χ0v) is 26.8. The van der Waals surface area contributed by atoms with Gasteiger partial charge in [0, 0.05) is 24.0 Å². The Balaban J connectivity index is 1.79. The van der Waals surface area contributed by atoms with Gasteiger partial charge in [-0.05, 0) is 73.4 Å². The molecule has 7 nitrogen and oxygen atoms in total. The largest absolute Gasteiger partial charge is 0.352 e. The van der Waals surface area contributed by atoms with E-state index < -0.39 is 28.5 Å². The van der Waals surface area contributed by atoms with Crippen molar-refractivity contribution in [3.05, 3.63) is 131 Å². The van der Waals surface area contributed by atoms with Crippen LogP contribution in [0.25, 0.3) is 0 Å². The minimum absolute atomic E-state index is 0.0648. The quantitative estimate of drug-likeness (QED) is 0.189. The molecule has 2 amide bonds. The maximum absolute atomic E-state index is 14.4. The van der Waals surface area contributed by atoms with E-state index in [9.17, 15) is 18.0 Å². The normalized spacial score (nSPS) is 12.0. The summed E-state index contributed by atoms with van der Waals surface area (Å²) in [6.07, 6.45) is 1.03. The van der Waals surface area contributed by atoms with Crippen LogP contribution in [0.1, 0.15) is 37.5 Å². The highest BCUT2D eigenvalue weighted by Crippen LogP contribution is 2.26. The van der Waals surface area contributed by atoms with E-state index in [1.807, 2.05) is 63.2 Å². The van der Waals surface area contributed by atoms with Crippen molar-refractivity contribution in [3.8, 4) is 0 Å². The maximum Gasteiger partial charge on any atom is 0.264 e. The van der Waals surface area contributed by atoms with E-state index in [1.54, 1.807) is 54.6 Å². The van der Waals surface area contributed by atoms with Gasteiger partial charge in [-0.3, -0.25) is 13.9 Å². The van der Waals surface area contributed by atoms with Crippen molar-refractivity contribution in [1.29, 1.82) is 0 Å². The van der Waals surface area contributed by atoms with Crippen LogP contribution in [0.4, 0.5) is 5.69 Å². The first-order valence-corrected chi connectivity index (χ1v) is 16.4. The molecule has 0 spiro atoms. The fourth-order valence-corrected chi connectivity index (χ4v) is 6.43. The number of sulfonamides is 1. The van der Waals surface area contributed by atoms with Crippen molar-refractivity contribution in [3.63, 3.8) is 0 Å². The molecule has 1 atom stereocenters. The summed E-state index contributed by atoms with van der Waals surface area (Å²) in [6.45, 7) is 5.30. The Kier molecular flexibility index (Phi) is 11.2. The van der Waals surface area contributed by atoms with Gasteiger partial charge in [-0.25, -0.2) is 8.42 Å². The summed E-state index contributed by atoms with van der Waals surface area (Å²) in [4.78, 5) is 29.7. The van der Waals surface area contributed by atoms with Gasteiger partial charge in [-0.1, -0.05) is 91.3 Å². The first-order chi connectivity index (χ1) is 21.1. The number of hydrogen-bond donors (Lipinski definition) is 1. The molecule has 1 unspecified atom stereocenters. The van der Waals surface area contributed by atoms with Crippen LogP contribution in [0, 0.1) is 0 Å². The van der Waals surface area contributed by atoms with Crippen molar-refractivity contribution in [2.75, 3.05) is 10.8 Å². The fraction of sp³-hybridized carbons (Fsp3) is 0.257. The number of benzene rings is 4. The second-order valence-corrected chi connectivity index (χ2v) is 13.2. The van der Waals surface area contributed by atoms with Gasteiger partial charge in [-0.15, -0.1) is 0 Å². The number of halogens is 1. The summed E-state index contributed by atoms with van der Waals surface area (Å²) in [5, 5.41) is 3.50. The van der Waals surface area contributed by atoms with Gasteiger partial charge in [0.1, 0.15) is 12.6 Å². The first kappa shape index (κ1) is 32.8. The smallest absolute Gasteiger partial charge is 0.264 e. The third kappa shape index (κ3) is 8.49. The Labute approximate surface area is 265 Å². The van der Waals surface area contributed by atoms with Crippen LogP contribution in [0.3, 0.4) is 0 Å². The molecule has 0 fully saturated rings. The number of amides is 2. The Hall–Kier alpha value is -4.14. The van der Waals surface area contributed by atoms with Crippen molar-refractivity contribution in [2.24, 2.45) is 0 Å². The van der Waals surface area contributed by atoms with E-state index in [4.69, 9.17) is 11.6 Å². The lowest BCUT2D eigenvalue weighted by atomic mass is 10.0. The predicted octanol–water partition coefficient (Wildman–Crippen LogP) is 6.26. The number of hydrogen-bond acceptors (Lipinski definition) is 4. The van der Waals surface area contributed by atoms with Gasteiger partial charge < -0.3 is 10.2 Å². The highest BCUT2D eigenvalue weighted by Gasteiger charge is 2.34. The molecule has 0 aliphatic carbocycles. The molecule has 0 aliphatic heterocycles. The van der Waals surface area contributed by atoms with E-state index in [1.165, 1.54) is 17.0 Å². The molecule has 9 heteroatoms. The van der Waals surface area contributed by atoms with Crippen LogP contribution in [0.5, 0.6) is 0 Å². The molecule has 230 valence electrons. The van der Waals surface area contributed by atoms with E-state index in [-0.39, 0.29) is 29.8 Å². The van der Waals surface area contributed by atoms with Crippen molar-refractivity contribution in [1.82, 2.24) is 10.2 Å². The zero-order valence-electron chi connectivity index (χ0n) is 25.2. The summed E-state index contributed by atoms with van der Waals surface area (Å²) in [5.41, 5.74) is 3.02. The van der Waals surface area contributed by atoms with Gasteiger partial charge in [0.15, 0.2) is 0 Å². The summed E-state index contributed by atoms with van der Waals surface area (Å²) in [6, 6.07) is 30.6. The van der Waals surface area contributed by atoms with Crippen LogP contribution in [-0.4, -0.2) is 43.8 Å². The minimum Gasteiger partial charge on any atom is -0.352 e. The summed E-state index contributed by atoms with van der Waals surface area (Å²) in [7, 11) is -4.14. The topological polar surface area (TPSA) is 86.8 Å². The van der Waals surface area contributed by atoms with Crippen LogP contribution in [0.2, 0.25) is 5.02 Å². The third-order valence-corrected chi connectivity index (χ3v) is 9.25. The molecule has 4 aromatic rings.